The smallest absolute Gasteiger partial charge is 0.307 e. The van der Waals surface area contributed by atoms with Gasteiger partial charge in [-0.15, -0.1) is 0 Å². The molecule has 2 atom stereocenters. The van der Waals surface area contributed by atoms with Crippen LogP contribution in [-0.4, -0.2) is 29.1 Å². The molecule has 5 heteroatoms. The summed E-state index contributed by atoms with van der Waals surface area (Å²) in [4.78, 5) is 13.6. The number of nitrogens with zero attached hydrogens (tertiary/aromatic N) is 1. The van der Waals surface area contributed by atoms with Gasteiger partial charge >= 0.3 is 5.97 Å². The molecule has 2 rings (SSSR count). The van der Waals surface area contributed by atoms with Gasteiger partial charge in [-0.25, -0.2) is 0 Å². The number of carbonyl (C=O) groups is 1. The first kappa shape index (κ1) is 17.6. The Hall–Kier alpha value is -0.770. The predicted octanol–water partition coefficient (Wildman–Crippen LogP) is 5.02. The van der Waals surface area contributed by atoms with Crippen LogP contribution in [0.15, 0.2) is 18.2 Å². The normalized spacial score (nSPS) is 20.8. The van der Waals surface area contributed by atoms with Gasteiger partial charge in [0.15, 0.2) is 0 Å². The minimum atomic E-state index is -0.698. The van der Waals surface area contributed by atoms with Gasteiger partial charge in [0.05, 0.1) is 16.0 Å². The van der Waals surface area contributed by atoms with Crippen molar-refractivity contribution in [2.75, 3.05) is 13.1 Å². The Morgan fingerprint density at radius 3 is 2.91 bits per heavy atom. The Labute approximate surface area is 142 Å². The van der Waals surface area contributed by atoms with Crippen molar-refractivity contribution >= 4 is 29.2 Å². The molecule has 0 spiro atoms. The number of aliphatic carboxylic acids is 1. The highest BCUT2D eigenvalue weighted by Crippen LogP contribution is 2.37. The van der Waals surface area contributed by atoms with Crippen LogP contribution in [0.4, 0.5) is 0 Å². The Balaban J connectivity index is 2.25. The molecule has 3 nitrogen and oxygen atoms in total. The maximum Gasteiger partial charge on any atom is 0.307 e. The number of carboxylic acid groups (broad SMARTS) is 1. The molecular formula is C17H23Cl2NO2. The first-order chi connectivity index (χ1) is 10.5. The van der Waals surface area contributed by atoms with Gasteiger partial charge in [-0.1, -0.05) is 55.1 Å². The molecule has 1 heterocycles. The topological polar surface area (TPSA) is 40.5 Å². The van der Waals surface area contributed by atoms with E-state index in [0.29, 0.717) is 16.6 Å². The highest BCUT2D eigenvalue weighted by Gasteiger charge is 2.31. The van der Waals surface area contributed by atoms with E-state index in [9.17, 15) is 9.90 Å². The molecule has 1 saturated heterocycles. The van der Waals surface area contributed by atoms with Crippen molar-refractivity contribution in [2.45, 2.75) is 45.1 Å². The minimum Gasteiger partial charge on any atom is -0.481 e. The maximum absolute atomic E-state index is 11.3. The minimum absolute atomic E-state index is 0.147. The summed E-state index contributed by atoms with van der Waals surface area (Å²) in [6.45, 7) is 3.67. The van der Waals surface area contributed by atoms with Crippen LogP contribution in [-0.2, 0) is 4.79 Å². The van der Waals surface area contributed by atoms with E-state index in [1.807, 2.05) is 12.1 Å². The van der Waals surface area contributed by atoms with Gasteiger partial charge in [-0.3, -0.25) is 9.69 Å². The van der Waals surface area contributed by atoms with E-state index in [4.69, 9.17) is 23.2 Å². The van der Waals surface area contributed by atoms with Crippen LogP contribution in [0.25, 0.3) is 0 Å². The van der Waals surface area contributed by atoms with Crippen LogP contribution in [0.2, 0.25) is 10.0 Å². The number of halogens is 2. The number of hydrogen-bond donors (Lipinski definition) is 1. The summed E-state index contributed by atoms with van der Waals surface area (Å²) in [5, 5.41) is 10.5. The van der Waals surface area contributed by atoms with E-state index in [1.54, 1.807) is 6.07 Å². The summed E-state index contributed by atoms with van der Waals surface area (Å²) in [5.74, 6) is -0.980. The second-order valence-corrected chi connectivity index (χ2v) is 6.76. The zero-order chi connectivity index (χ0) is 16.1. The maximum atomic E-state index is 11.3. The predicted molar refractivity (Wildman–Crippen MR) is 90.7 cm³/mol. The van der Waals surface area contributed by atoms with Crippen LogP contribution >= 0.6 is 23.2 Å². The molecule has 1 aromatic carbocycles. The zero-order valence-electron chi connectivity index (χ0n) is 12.9. The number of rotatable bonds is 6. The van der Waals surface area contributed by atoms with Crippen molar-refractivity contribution in [3.8, 4) is 0 Å². The van der Waals surface area contributed by atoms with Crippen molar-refractivity contribution < 1.29 is 9.90 Å². The molecule has 1 fully saturated rings. The van der Waals surface area contributed by atoms with Crippen LogP contribution in [0.5, 0.6) is 0 Å². The molecule has 0 bridgehead atoms. The van der Waals surface area contributed by atoms with Gasteiger partial charge in [0.2, 0.25) is 0 Å². The fraction of sp³-hybridized carbons (Fsp3) is 0.588. The zero-order valence-corrected chi connectivity index (χ0v) is 14.4. The third-order valence-electron chi connectivity index (χ3n) is 4.41. The molecule has 122 valence electrons. The molecule has 0 aromatic heterocycles. The van der Waals surface area contributed by atoms with Gasteiger partial charge in [0, 0.05) is 12.6 Å². The van der Waals surface area contributed by atoms with Crippen molar-refractivity contribution in [3.63, 3.8) is 0 Å². The summed E-state index contributed by atoms with van der Waals surface area (Å²) >= 11 is 12.6. The summed E-state index contributed by atoms with van der Waals surface area (Å²) < 4.78 is 0. The lowest BCUT2D eigenvalue weighted by atomic mass is 9.92. The third-order valence-corrected chi connectivity index (χ3v) is 5.25. The van der Waals surface area contributed by atoms with Gasteiger partial charge in [0.25, 0.3) is 0 Å². The van der Waals surface area contributed by atoms with Crippen molar-refractivity contribution in [1.29, 1.82) is 0 Å². The fourth-order valence-corrected chi connectivity index (χ4v) is 3.63. The number of unbranched alkanes of at least 4 members (excludes halogenated alkanes) is 1. The first-order valence-electron chi connectivity index (χ1n) is 7.95. The van der Waals surface area contributed by atoms with Gasteiger partial charge in [-0.2, -0.15) is 0 Å². The van der Waals surface area contributed by atoms with Gasteiger partial charge in [-0.05, 0) is 37.4 Å². The number of piperidine rings is 1. The summed E-state index contributed by atoms with van der Waals surface area (Å²) in [5.41, 5.74) is 1.02. The largest absolute Gasteiger partial charge is 0.481 e. The molecular weight excluding hydrogens is 321 g/mol. The summed E-state index contributed by atoms with van der Waals surface area (Å²) in [6.07, 6.45) is 4.84. The summed E-state index contributed by atoms with van der Waals surface area (Å²) in [7, 11) is 0. The second-order valence-electron chi connectivity index (χ2n) is 5.97. The van der Waals surface area contributed by atoms with Crippen molar-refractivity contribution in [2.24, 2.45) is 5.92 Å². The Morgan fingerprint density at radius 1 is 1.45 bits per heavy atom. The number of benzene rings is 1. The standard InChI is InChI=1S/C17H23Cl2NO2/c1-2-3-9-15(13-7-4-8-14(18)16(13)19)20-10-5-6-12(11-20)17(21)22/h4,7-8,12,15H,2-3,5-6,9-11H2,1H3,(H,21,22). The van der Waals surface area contributed by atoms with E-state index in [2.05, 4.69) is 11.8 Å². The number of hydrogen-bond acceptors (Lipinski definition) is 2. The SMILES string of the molecule is CCCCC(c1cccc(Cl)c1Cl)N1CCCC(C(=O)O)C1. The third kappa shape index (κ3) is 4.15. The highest BCUT2D eigenvalue weighted by atomic mass is 35.5. The number of likely N-dealkylation sites (tertiary alicyclic amines) is 1. The lowest BCUT2D eigenvalue weighted by molar-refractivity contribution is -0.144. The molecule has 0 aliphatic carbocycles. The molecule has 1 aliphatic heterocycles. The van der Waals surface area contributed by atoms with Crippen LogP contribution in [0.1, 0.15) is 50.6 Å². The molecule has 22 heavy (non-hydrogen) atoms. The number of carboxylic acids is 1. The molecule has 1 N–H and O–H groups in total. The fourth-order valence-electron chi connectivity index (χ4n) is 3.20. The van der Waals surface area contributed by atoms with E-state index in [0.717, 1.165) is 44.2 Å². The summed E-state index contributed by atoms with van der Waals surface area (Å²) in [6, 6.07) is 5.87. The van der Waals surface area contributed by atoms with E-state index < -0.39 is 5.97 Å². The average molecular weight is 344 g/mol. The monoisotopic (exact) mass is 343 g/mol. The Bertz CT molecular complexity index is 521. The van der Waals surface area contributed by atoms with Gasteiger partial charge < -0.3 is 5.11 Å². The second kappa shape index (κ2) is 8.19. The molecule has 0 saturated carbocycles. The molecule has 1 aromatic rings. The quantitative estimate of drug-likeness (QED) is 0.788. The molecule has 0 amide bonds. The lowest BCUT2D eigenvalue weighted by Gasteiger charge is -2.37. The van der Waals surface area contributed by atoms with Crippen molar-refractivity contribution in [1.82, 2.24) is 4.90 Å². The molecule has 1 aliphatic rings. The molecule has 2 unspecified atom stereocenters. The van der Waals surface area contributed by atoms with E-state index in [-0.39, 0.29) is 12.0 Å². The van der Waals surface area contributed by atoms with Crippen LogP contribution < -0.4 is 0 Å². The van der Waals surface area contributed by atoms with E-state index >= 15 is 0 Å². The first-order valence-corrected chi connectivity index (χ1v) is 8.71. The van der Waals surface area contributed by atoms with Crippen LogP contribution in [0, 0.1) is 5.92 Å². The van der Waals surface area contributed by atoms with Crippen LogP contribution in [0.3, 0.4) is 0 Å². The average Bonchev–Trinajstić information content (AvgIpc) is 2.52. The van der Waals surface area contributed by atoms with Crippen molar-refractivity contribution in [3.05, 3.63) is 33.8 Å². The Kier molecular flexibility index (Phi) is 6.54. The van der Waals surface area contributed by atoms with E-state index in [1.165, 1.54) is 0 Å². The van der Waals surface area contributed by atoms with Gasteiger partial charge in [0.1, 0.15) is 0 Å². The molecule has 0 radical (unpaired) electrons. The lowest BCUT2D eigenvalue weighted by Crippen LogP contribution is -2.41. The highest BCUT2D eigenvalue weighted by molar-refractivity contribution is 6.42. The Morgan fingerprint density at radius 2 is 2.23 bits per heavy atom.